The number of likely N-dealkylation sites (N-methyl/N-ethyl adjacent to an activating group) is 1. The zero-order chi connectivity index (χ0) is 22.5. The minimum atomic E-state index is -0.446. The number of rotatable bonds is 5. The Labute approximate surface area is 187 Å². The molecule has 1 amide bonds. The number of anilines is 3. The summed E-state index contributed by atoms with van der Waals surface area (Å²) in [6, 6.07) is 10.1. The van der Waals surface area contributed by atoms with E-state index in [9.17, 15) is 4.79 Å². The molecule has 1 spiro atoms. The van der Waals surface area contributed by atoms with Gasteiger partial charge in [-0.25, -0.2) is 14.8 Å². The third-order valence-electron chi connectivity index (χ3n) is 6.27. The summed E-state index contributed by atoms with van der Waals surface area (Å²) in [6.45, 7) is 6.17. The lowest BCUT2D eigenvalue weighted by molar-refractivity contribution is -0.0599. The number of nitrogens with zero attached hydrogens (tertiary/aromatic N) is 4. The van der Waals surface area contributed by atoms with Crippen LogP contribution in [0.15, 0.2) is 36.7 Å². The Morgan fingerprint density at radius 1 is 1.19 bits per heavy atom. The summed E-state index contributed by atoms with van der Waals surface area (Å²) in [6.07, 6.45) is 2.17. The second-order valence-corrected chi connectivity index (χ2v) is 8.70. The number of fused-ring (bicyclic) bond motifs is 1. The smallest absolute Gasteiger partial charge is 0.415 e. The molecule has 8 heteroatoms. The Bertz CT molecular complexity index is 1210. The second kappa shape index (κ2) is 7.63. The van der Waals surface area contributed by atoms with Crippen molar-refractivity contribution in [1.82, 2.24) is 14.9 Å². The topological polar surface area (TPSA) is 79.8 Å². The number of methoxy groups -OCH3 is 1. The number of hydrogen-bond donors (Lipinski definition) is 1. The fourth-order valence-corrected chi connectivity index (χ4v) is 4.67. The quantitative estimate of drug-likeness (QED) is 0.654. The Kier molecular flexibility index (Phi) is 4.89. The largest absolute Gasteiger partial charge is 0.494 e. The first-order valence-electron chi connectivity index (χ1n) is 10.8. The van der Waals surface area contributed by atoms with E-state index in [1.54, 1.807) is 12.0 Å². The van der Waals surface area contributed by atoms with Gasteiger partial charge in [-0.15, -0.1) is 0 Å². The van der Waals surface area contributed by atoms with E-state index in [2.05, 4.69) is 52.2 Å². The van der Waals surface area contributed by atoms with Crippen LogP contribution in [0.2, 0.25) is 0 Å². The van der Waals surface area contributed by atoms with E-state index < -0.39 is 5.60 Å². The van der Waals surface area contributed by atoms with Gasteiger partial charge in [0, 0.05) is 30.2 Å². The van der Waals surface area contributed by atoms with Gasteiger partial charge in [0.15, 0.2) is 5.60 Å². The van der Waals surface area contributed by atoms with E-state index >= 15 is 0 Å². The molecule has 1 N–H and O–H groups in total. The molecule has 2 aliphatic heterocycles. The molecule has 32 heavy (non-hydrogen) atoms. The van der Waals surface area contributed by atoms with Gasteiger partial charge in [-0.3, -0.25) is 9.80 Å². The third-order valence-corrected chi connectivity index (χ3v) is 6.27. The van der Waals surface area contributed by atoms with Gasteiger partial charge in [0.2, 0.25) is 0 Å². The summed E-state index contributed by atoms with van der Waals surface area (Å²) < 4.78 is 11.4. The van der Waals surface area contributed by atoms with Gasteiger partial charge in [-0.2, -0.15) is 0 Å². The normalized spacial score (nSPS) is 17.5. The predicted octanol–water partition coefficient (Wildman–Crippen LogP) is 3.89. The Balaban J connectivity index is 1.54. The minimum Gasteiger partial charge on any atom is -0.494 e. The summed E-state index contributed by atoms with van der Waals surface area (Å²) in [5.74, 6) is 1.25. The number of hydrogen-bond acceptors (Lipinski definition) is 7. The van der Waals surface area contributed by atoms with Crippen molar-refractivity contribution in [1.29, 1.82) is 0 Å². The van der Waals surface area contributed by atoms with E-state index in [0.29, 0.717) is 23.8 Å². The Morgan fingerprint density at radius 3 is 2.69 bits per heavy atom. The van der Waals surface area contributed by atoms with Crippen LogP contribution >= 0.6 is 0 Å². The lowest BCUT2D eigenvalue weighted by atomic mass is 9.95. The van der Waals surface area contributed by atoms with Crippen LogP contribution in [0.25, 0.3) is 10.9 Å². The highest BCUT2D eigenvalue weighted by Crippen LogP contribution is 2.41. The Hall–Kier alpha value is -3.39. The van der Waals surface area contributed by atoms with E-state index in [1.807, 2.05) is 19.2 Å². The van der Waals surface area contributed by atoms with E-state index in [4.69, 9.17) is 9.47 Å². The molecule has 0 atom stereocenters. The first-order chi connectivity index (χ1) is 15.4. The van der Waals surface area contributed by atoms with Gasteiger partial charge in [0.1, 0.15) is 17.9 Å². The average Bonchev–Trinajstić information content (AvgIpc) is 3.11. The molecule has 1 aromatic heterocycles. The summed E-state index contributed by atoms with van der Waals surface area (Å²) >= 11 is 0. The fourth-order valence-electron chi connectivity index (χ4n) is 4.67. The zero-order valence-corrected chi connectivity index (χ0v) is 18.8. The van der Waals surface area contributed by atoms with E-state index in [-0.39, 0.29) is 6.09 Å². The molecule has 166 valence electrons. The number of aryl methyl sites for hydroxylation is 2. The summed E-state index contributed by atoms with van der Waals surface area (Å²) in [7, 11) is 3.61. The van der Waals surface area contributed by atoms with Crippen molar-refractivity contribution in [2.45, 2.75) is 25.9 Å². The summed E-state index contributed by atoms with van der Waals surface area (Å²) in [5, 5.41) is 4.25. The molecule has 3 heterocycles. The minimum absolute atomic E-state index is 0.354. The molecule has 3 aromatic rings. The number of carbonyl (C=O) groups excluding carboxylic acids is 1. The molecule has 0 unspecified atom stereocenters. The zero-order valence-electron chi connectivity index (χ0n) is 18.8. The standard InChI is InChI=1S/C24H27N5O3/c1-5-16-6-7-18(15(2)8-16)27-22-17-9-20(21(31-4)10-19(17)25-14-26-22)29-13-24(32-23(29)30)11-28(3)12-24/h6-10,14H,5,11-13H2,1-4H3,(H,25,26,27). The molecule has 8 nitrogen and oxygen atoms in total. The van der Waals surface area contributed by atoms with Crippen LogP contribution in [0.5, 0.6) is 5.75 Å². The number of carbonyl (C=O) groups is 1. The van der Waals surface area contributed by atoms with Gasteiger partial charge in [-0.1, -0.05) is 19.1 Å². The molecule has 2 aromatic carbocycles. The summed E-state index contributed by atoms with van der Waals surface area (Å²) in [4.78, 5) is 25.5. The van der Waals surface area contributed by atoms with Gasteiger partial charge in [0.25, 0.3) is 0 Å². The van der Waals surface area contributed by atoms with Crippen molar-refractivity contribution in [3.05, 3.63) is 47.8 Å². The highest BCUT2D eigenvalue weighted by molar-refractivity contribution is 6.00. The van der Waals surface area contributed by atoms with Gasteiger partial charge in [-0.05, 0) is 43.7 Å². The highest BCUT2D eigenvalue weighted by atomic mass is 16.6. The summed E-state index contributed by atoms with van der Waals surface area (Å²) in [5.41, 5.74) is 4.36. The molecule has 0 aliphatic carbocycles. The van der Waals surface area contributed by atoms with Gasteiger partial charge in [0.05, 0.1) is 24.9 Å². The van der Waals surface area contributed by atoms with E-state index in [1.165, 1.54) is 11.9 Å². The van der Waals surface area contributed by atoms with Crippen LogP contribution < -0.4 is 15.0 Å². The highest BCUT2D eigenvalue weighted by Gasteiger charge is 2.53. The molecule has 2 fully saturated rings. The van der Waals surface area contributed by atoms with Crippen LogP contribution in [0, 0.1) is 6.92 Å². The lowest BCUT2D eigenvalue weighted by Gasteiger charge is -2.43. The first kappa shape index (κ1) is 20.5. The predicted molar refractivity (Wildman–Crippen MR) is 124 cm³/mol. The number of nitrogens with one attached hydrogen (secondary N) is 1. The van der Waals surface area contributed by atoms with Crippen molar-refractivity contribution < 1.29 is 14.3 Å². The van der Waals surface area contributed by atoms with Gasteiger partial charge >= 0.3 is 6.09 Å². The number of amides is 1. The molecule has 0 saturated carbocycles. The molecule has 5 rings (SSSR count). The molecule has 0 bridgehead atoms. The lowest BCUT2D eigenvalue weighted by Crippen LogP contribution is -2.62. The molecule has 2 aliphatic rings. The molecule has 2 saturated heterocycles. The van der Waals surface area contributed by atoms with Crippen molar-refractivity contribution >= 4 is 34.2 Å². The second-order valence-electron chi connectivity index (χ2n) is 8.70. The van der Waals surface area contributed by atoms with E-state index in [0.717, 1.165) is 41.7 Å². The van der Waals surface area contributed by atoms with Crippen LogP contribution in [0.3, 0.4) is 0 Å². The number of aromatic nitrogens is 2. The van der Waals surface area contributed by atoms with Crippen LogP contribution in [-0.2, 0) is 11.2 Å². The monoisotopic (exact) mass is 433 g/mol. The maximum Gasteiger partial charge on any atom is 0.415 e. The first-order valence-corrected chi connectivity index (χ1v) is 10.8. The van der Waals surface area contributed by atoms with Crippen molar-refractivity contribution in [2.75, 3.05) is 44.0 Å². The average molecular weight is 434 g/mol. The number of likely N-dealkylation sites (tertiary alicyclic amines) is 1. The Morgan fingerprint density at radius 2 is 2.00 bits per heavy atom. The SMILES string of the molecule is CCc1ccc(Nc2ncnc3cc(OC)c(N4CC5(CN(C)C5)OC4=O)cc23)c(C)c1. The third kappa shape index (κ3) is 3.40. The number of ether oxygens (including phenoxy) is 2. The van der Waals surface area contributed by atoms with Crippen molar-refractivity contribution in [3.63, 3.8) is 0 Å². The fraction of sp³-hybridized carbons (Fsp3) is 0.375. The van der Waals surface area contributed by atoms with Crippen LogP contribution in [0.4, 0.5) is 22.0 Å². The maximum absolute atomic E-state index is 12.8. The van der Waals surface area contributed by atoms with Crippen molar-refractivity contribution in [3.8, 4) is 5.75 Å². The van der Waals surface area contributed by atoms with Crippen LogP contribution in [0.1, 0.15) is 18.1 Å². The number of benzene rings is 2. The van der Waals surface area contributed by atoms with Gasteiger partial charge < -0.3 is 14.8 Å². The molecular weight excluding hydrogens is 406 g/mol. The van der Waals surface area contributed by atoms with Crippen LogP contribution in [-0.4, -0.2) is 60.4 Å². The van der Waals surface area contributed by atoms with Crippen molar-refractivity contribution in [2.24, 2.45) is 0 Å². The molecular formula is C24H27N5O3. The molecule has 0 radical (unpaired) electrons. The maximum atomic E-state index is 12.8.